The highest BCUT2D eigenvalue weighted by Gasteiger charge is 2.40. The minimum absolute atomic E-state index is 0.0869. The molecule has 3 aromatic rings. The summed E-state index contributed by atoms with van der Waals surface area (Å²) in [4.78, 5) is 19.1. The average Bonchev–Trinajstić information content (AvgIpc) is 3.25. The Balaban J connectivity index is 1.54. The predicted octanol–water partition coefficient (Wildman–Crippen LogP) is 5.51. The number of thioether (sulfide) groups is 1. The standard InChI is InChI=1S/C20H14F3N3OS2/c21-20(22,23)14-8-4-5-12(9-14)10-15-11-25-19(28-15)26-17(27)16(29-18(26)24)13-6-2-1-3-7-13/h1-9,11,16,24H,10H2. The second-order valence-corrected chi connectivity index (χ2v) is 8.56. The van der Waals surface area contributed by atoms with Gasteiger partial charge in [-0.3, -0.25) is 10.2 Å². The minimum Gasteiger partial charge on any atom is -0.278 e. The molecule has 1 amide bonds. The maximum atomic E-state index is 12.9. The smallest absolute Gasteiger partial charge is 0.278 e. The lowest BCUT2D eigenvalue weighted by Gasteiger charge is -2.11. The second kappa shape index (κ2) is 7.64. The highest BCUT2D eigenvalue weighted by molar-refractivity contribution is 8.15. The molecule has 0 saturated carbocycles. The second-order valence-electron chi connectivity index (χ2n) is 6.37. The molecule has 1 fully saturated rings. The zero-order valence-corrected chi connectivity index (χ0v) is 16.4. The summed E-state index contributed by atoms with van der Waals surface area (Å²) in [6.07, 6.45) is -2.58. The molecule has 9 heteroatoms. The number of hydrogen-bond acceptors (Lipinski definition) is 5. The lowest BCUT2D eigenvalue weighted by Crippen LogP contribution is -2.29. The molecule has 1 saturated heterocycles. The monoisotopic (exact) mass is 433 g/mol. The lowest BCUT2D eigenvalue weighted by atomic mass is 10.1. The maximum absolute atomic E-state index is 12.9. The third kappa shape index (κ3) is 4.06. The van der Waals surface area contributed by atoms with E-state index in [1.807, 2.05) is 30.3 Å². The van der Waals surface area contributed by atoms with Crippen LogP contribution in [0.3, 0.4) is 0 Å². The Labute approximate surface area is 172 Å². The summed E-state index contributed by atoms with van der Waals surface area (Å²) in [5.41, 5.74) is 0.628. The fraction of sp³-hybridized carbons (Fsp3) is 0.150. The molecule has 0 bridgehead atoms. The molecule has 0 aliphatic carbocycles. The van der Waals surface area contributed by atoms with Crippen LogP contribution in [-0.2, 0) is 17.4 Å². The molecule has 4 rings (SSSR count). The van der Waals surface area contributed by atoms with Gasteiger partial charge in [0.05, 0.1) is 5.56 Å². The Morgan fingerprint density at radius 2 is 1.86 bits per heavy atom. The quantitative estimate of drug-likeness (QED) is 0.590. The maximum Gasteiger partial charge on any atom is 0.416 e. The molecule has 0 radical (unpaired) electrons. The predicted molar refractivity (Wildman–Crippen MR) is 108 cm³/mol. The van der Waals surface area contributed by atoms with Crippen LogP contribution in [0.1, 0.15) is 26.8 Å². The Bertz CT molecular complexity index is 1070. The van der Waals surface area contributed by atoms with E-state index in [0.717, 1.165) is 29.5 Å². The number of hydrogen-bond donors (Lipinski definition) is 1. The van der Waals surface area contributed by atoms with Gasteiger partial charge in [-0.25, -0.2) is 9.88 Å². The van der Waals surface area contributed by atoms with Crippen molar-refractivity contribution in [1.29, 1.82) is 5.41 Å². The largest absolute Gasteiger partial charge is 0.416 e. The van der Waals surface area contributed by atoms with Gasteiger partial charge in [-0.05, 0) is 17.2 Å². The van der Waals surface area contributed by atoms with Crippen molar-refractivity contribution in [3.05, 3.63) is 82.4 Å². The van der Waals surface area contributed by atoms with Crippen molar-refractivity contribution in [3.8, 4) is 0 Å². The normalized spacial score (nSPS) is 17.2. The number of thiazole rings is 1. The van der Waals surface area contributed by atoms with Crippen LogP contribution in [0.4, 0.5) is 18.3 Å². The van der Waals surface area contributed by atoms with E-state index in [1.165, 1.54) is 22.3 Å². The molecule has 2 heterocycles. The molecule has 1 atom stereocenters. The molecule has 1 aromatic heterocycles. The first-order valence-electron chi connectivity index (χ1n) is 8.58. The van der Waals surface area contributed by atoms with Crippen LogP contribution in [-0.4, -0.2) is 16.1 Å². The molecule has 0 spiro atoms. The van der Waals surface area contributed by atoms with Gasteiger partial charge in [0.2, 0.25) is 0 Å². The van der Waals surface area contributed by atoms with Crippen molar-refractivity contribution in [2.24, 2.45) is 0 Å². The SMILES string of the molecule is N=C1SC(c2ccccc2)C(=O)N1c1ncc(Cc2cccc(C(F)(F)F)c2)s1. The highest BCUT2D eigenvalue weighted by atomic mass is 32.2. The van der Waals surface area contributed by atoms with Crippen LogP contribution in [0.15, 0.2) is 60.8 Å². The van der Waals surface area contributed by atoms with E-state index in [2.05, 4.69) is 4.98 Å². The van der Waals surface area contributed by atoms with Gasteiger partial charge in [0.25, 0.3) is 5.91 Å². The van der Waals surface area contributed by atoms with Crippen molar-refractivity contribution >= 4 is 39.3 Å². The van der Waals surface area contributed by atoms with Crippen molar-refractivity contribution in [1.82, 2.24) is 4.98 Å². The summed E-state index contributed by atoms with van der Waals surface area (Å²) in [5.74, 6) is -0.244. The van der Waals surface area contributed by atoms with Crippen LogP contribution >= 0.6 is 23.1 Å². The van der Waals surface area contributed by atoms with Crippen LogP contribution in [0.2, 0.25) is 0 Å². The Morgan fingerprint density at radius 1 is 1.10 bits per heavy atom. The average molecular weight is 433 g/mol. The van der Waals surface area contributed by atoms with Crippen molar-refractivity contribution in [3.63, 3.8) is 0 Å². The van der Waals surface area contributed by atoms with E-state index in [-0.39, 0.29) is 17.5 Å². The van der Waals surface area contributed by atoms with Crippen molar-refractivity contribution in [2.75, 3.05) is 4.90 Å². The summed E-state index contributed by atoms with van der Waals surface area (Å²) < 4.78 is 38.7. The van der Waals surface area contributed by atoms with E-state index in [9.17, 15) is 18.0 Å². The first-order valence-corrected chi connectivity index (χ1v) is 10.3. The molecule has 148 valence electrons. The number of amides is 1. The van der Waals surface area contributed by atoms with Gasteiger partial charge >= 0.3 is 6.18 Å². The summed E-state index contributed by atoms with van der Waals surface area (Å²) in [5, 5.41) is 8.13. The number of nitrogens with one attached hydrogen (secondary N) is 1. The summed E-state index contributed by atoms with van der Waals surface area (Å²) in [7, 11) is 0. The molecule has 1 aliphatic heterocycles. The molecule has 1 N–H and O–H groups in total. The number of carbonyl (C=O) groups is 1. The molecule has 1 unspecified atom stereocenters. The number of anilines is 1. The summed E-state index contributed by atoms with van der Waals surface area (Å²) in [6.45, 7) is 0. The third-order valence-electron chi connectivity index (χ3n) is 4.34. The van der Waals surface area contributed by atoms with Gasteiger partial charge in [-0.2, -0.15) is 13.2 Å². The number of nitrogens with zero attached hydrogens (tertiary/aromatic N) is 2. The zero-order chi connectivity index (χ0) is 20.6. The van der Waals surface area contributed by atoms with Crippen LogP contribution in [0, 0.1) is 5.41 Å². The van der Waals surface area contributed by atoms with Crippen molar-refractivity contribution < 1.29 is 18.0 Å². The number of amidine groups is 1. The van der Waals surface area contributed by atoms with Gasteiger partial charge in [-0.15, -0.1) is 11.3 Å². The Hall–Kier alpha value is -2.65. The van der Waals surface area contributed by atoms with Crippen LogP contribution in [0.5, 0.6) is 0 Å². The molecule has 2 aromatic carbocycles. The molecule has 29 heavy (non-hydrogen) atoms. The van der Waals surface area contributed by atoms with E-state index >= 15 is 0 Å². The first kappa shape index (κ1) is 19.7. The lowest BCUT2D eigenvalue weighted by molar-refractivity contribution is -0.137. The topological polar surface area (TPSA) is 57.1 Å². The van der Waals surface area contributed by atoms with Crippen molar-refractivity contribution in [2.45, 2.75) is 17.8 Å². The third-order valence-corrected chi connectivity index (χ3v) is 6.44. The number of carbonyl (C=O) groups excluding carboxylic acids is 1. The fourth-order valence-corrected chi connectivity index (χ4v) is 5.01. The van der Waals surface area contributed by atoms with Gasteiger partial charge < -0.3 is 0 Å². The summed E-state index contributed by atoms with van der Waals surface area (Å²) >= 11 is 2.35. The number of alkyl halides is 3. The first-order chi connectivity index (χ1) is 13.8. The number of aromatic nitrogens is 1. The van der Waals surface area contributed by atoms with Gasteiger partial charge in [0.1, 0.15) is 5.25 Å². The molecule has 4 nitrogen and oxygen atoms in total. The van der Waals surface area contributed by atoms with Crippen LogP contribution in [0.25, 0.3) is 0 Å². The van der Waals surface area contributed by atoms with E-state index < -0.39 is 17.0 Å². The van der Waals surface area contributed by atoms with E-state index in [1.54, 1.807) is 12.3 Å². The zero-order valence-electron chi connectivity index (χ0n) is 14.8. The molecular weight excluding hydrogens is 419 g/mol. The highest BCUT2D eigenvalue weighted by Crippen LogP contribution is 2.42. The molecule has 1 aliphatic rings. The number of benzene rings is 2. The molecular formula is C20H14F3N3OS2. The number of halogens is 3. The van der Waals surface area contributed by atoms with Gasteiger partial charge in [-0.1, -0.05) is 60.3 Å². The fourth-order valence-electron chi connectivity index (χ4n) is 2.99. The van der Waals surface area contributed by atoms with Gasteiger partial charge in [0.15, 0.2) is 10.3 Å². The van der Waals surface area contributed by atoms with E-state index in [0.29, 0.717) is 15.6 Å². The van der Waals surface area contributed by atoms with Gasteiger partial charge in [0, 0.05) is 17.5 Å². The Morgan fingerprint density at radius 3 is 2.59 bits per heavy atom. The minimum atomic E-state index is -4.39. The number of rotatable bonds is 4. The Kier molecular flexibility index (Phi) is 5.18. The van der Waals surface area contributed by atoms with Crippen LogP contribution < -0.4 is 4.90 Å². The summed E-state index contributed by atoms with van der Waals surface area (Å²) in [6, 6.07) is 14.4. The van der Waals surface area contributed by atoms with E-state index in [4.69, 9.17) is 5.41 Å².